The molecule has 1 aromatic carbocycles. The van der Waals surface area contributed by atoms with E-state index < -0.39 is 0 Å². The van der Waals surface area contributed by atoms with E-state index >= 15 is 0 Å². The lowest BCUT2D eigenvalue weighted by molar-refractivity contribution is 0.0558. The third kappa shape index (κ3) is 5.21. The molecule has 106 valence electrons. The average Bonchev–Trinajstić information content (AvgIpc) is 2.49. The van der Waals surface area contributed by atoms with Crippen LogP contribution in [0.5, 0.6) is 5.75 Å². The summed E-state index contributed by atoms with van der Waals surface area (Å²) in [5.74, 6) is 1.73. The van der Waals surface area contributed by atoms with Gasteiger partial charge in [0.05, 0.1) is 6.61 Å². The summed E-state index contributed by atoms with van der Waals surface area (Å²) in [5.41, 5.74) is 0. The van der Waals surface area contributed by atoms with Crippen molar-refractivity contribution in [3.05, 3.63) is 30.3 Å². The van der Waals surface area contributed by atoms with Gasteiger partial charge in [-0.2, -0.15) is 0 Å². The molecular formula is C16H25NO2. The van der Waals surface area contributed by atoms with E-state index in [1.54, 1.807) is 0 Å². The van der Waals surface area contributed by atoms with Gasteiger partial charge in [0.2, 0.25) is 0 Å². The lowest BCUT2D eigenvalue weighted by Crippen LogP contribution is -2.37. The van der Waals surface area contributed by atoms with E-state index in [2.05, 4.69) is 12.2 Å². The molecule has 1 heterocycles. The summed E-state index contributed by atoms with van der Waals surface area (Å²) in [5, 5.41) is 3.60. The molecule has 1 saturated heterocycles. The van der Waals surface area contributed by atoms with Crippen LogP contribution in [-0.2, 0) is 4.74 Å². The minimum atomic E-state index is 0.584. The second-order valence-corrected chi connectivity index (χ2v) is 5.21. The van der Waals surface area contributed by atoms with E-state index in [4.69, 9.17) is 9.47 Å². The number of benzene rings is 1. The van der Waals surface area contributed by atoms with Crippen LogP contribution in [0.1, 0.15) is 26.2 Å². The lowest BCUT2D eigenvalue weighted by atomic mass is 9.93. The van der Waals surface area contributed by atoms with Crippen LogP contribution in [0.2, 0.25) is 0 Å². The maximum Gasteiger partial charge on any atom is 0.119 e. The fourth-order valence-electron chi connectivity index (χ4n) is 2.49. The normalized spacial score (nSPS) is 18.2. The summed E-state index contributed by atoms with van der Waals surface area (Å²) in [6.45, 7) is 5.93. The van der Waals surface area contributed by atoms with E-state index in [0.29, 0.717) is 6.04 Å². The minimum absolute atomic E-state index is 0.584. The van der Waals surface area contributed by atoms with Crippen molar-refractivity contribution in [2.45, 2.75) is 32.2 Å². The van der Waals surface area contributed by atoms with Crippen LogP contribution in [0.25, 0.3) is 0 Å². The molecular weight excluding hydrogens is 238 g/mol. The first-order chi connectivity index (χ1) is 9.36. The van der Waals surface area contributed by atoms with Crippen LogP contribution >= 0.6 is 0 Å². The molecule has 1 atom stereocenters. The van der Waals surface area contributed by atoms with Crippen LogP contribution in [0.4, 0.5) is 0 Å². The zero-order valence-corrected chi connectivity index (χ0v) is 11.8. The predicted octanol–water partition coefficient (Wildman–Crippen LogP) is 2.86. The van der Waals surface area contributed by atoms with Crippen molar-refractivity contribution >= 4 is 0 Å². The molecule has 0 amide bonds. The van der Waals surface area contributed by atoms with Crippen molar-refractivity contribution in [3.8, 4) is 5.75 Å². The van der Waals surface area contributed by atoms with Crippen molar-refractivity contribution in [2.24, 2.45) is 5.92 Å². The topological polar surface area (TPSA) is 30.5 Å². The fourth-order valence-corrected chi connectivity index (χ4v) is 2.49. The van der Waals surface area contributed by atoms with Crippen LogP contribution in [0.15, 0.2) is 30.3 Å². The molecule has 0 saturated carbocycles. The molecule has 0 spiro atoms. The monoisotopic (exact) mass is 263 g/mol. The van der Waals surface area contributed by atoms with E-state index in [0.717, 1.165) is 44.5 Å². The Morgan fingerprint density at radius 1 is 1.26 bits per heavy atom. The molecule has 1 aromatic rings. The summed E-state index contributed by atoms with van der Waals surface area (Å²) < 4.78 is 11.1. The molecule has 1 fully saturated rings. The molecule has 0 aromatic heterocycles. The van der Waals surface area contributed by atoms with Gasteiger partial charge in [0.1, 0.15) is 5.75 Å². The van der Waals surface area contributed by atoms with Crippen LogP contribution in [-0.4, -0.2) is 32.4 Å². The molecule has 1 N–H and O–H groups in total. The molecule has 19 heavy (non-hydrogen) atoms. The quantitative estimate of drug-likeness (QED) is 0.767. The molecule has 3 heteroatoms. The highest BCUT2D eigenvalue weighted by molar-refractivity contribution is 5.20. The van der Waals surface area contributed by atoms with Crippen LogP contribution < -0.4 is 10.1 Å². The first-order valence-corrected chi connectivity index (χ1v) is 7.35. The molecule has 0 aliphatic carbocycles. The van der Waals surface area contributed by atoms with Gasteiger partial charge in [-0.25, -0.2) is 0 Å². The number of para-hydroxylation sites is 1. The summed E-state index contributed by atoms with van der Waals surface area (Å²) in [4.78, 5) is 0. The minimum Gasteiger partial charge on any atom is -0.494 e. The first kappa shape index (κ1) is 14.4. The van der Waals surface area contributed by atoms with E-state index in [-0.39, 0.29) is 0 Å². The second kappa shape index (κ2) is 8.18. The third-order valence-electron chi connectivity index (χ3n) is 3.77. The third-order valence-corrected chi connectivity index (χ3v) is 3.77. The van der Waals surface area contributed by atoms with Crippen molar-refractivity contribution in [1.82, 2.24) is 5.32 Å². The molecule has 0 radical (unpaired) electrons. The van der Waals surface area contributed by atoms with Crippen molar-refractivity contribution in [1.29, 1.82) is 0 Å². The number of hydrogen-bond acceptors (Lipinski definition) is 3. The van der Waals surface area contributed by atoms with Gasteiger partial charge in [-0.1, -0.05) is 18.2 Å². The van der Waals surface area contributed by atoms with Crippen LogP contribution in [0.3, 0.4) is 0 Å². The highest BCUT2D eigenvalue weighted by Crippen LogP contribution is 2.18. The molecule has 1 aliphatic heterocycles. The molecule has 0 bridgehead atoms. The number of rotatable bonds is 7. The van der Waals surface area contributed by atoms with Crippen LogP contribution in [0, 0.1) is 5.92 Å². The Labute approximate surface area is 116 Å². The maximum atomic E-state index is 5.67. The Bertz CT molecular complexity index is 336. The largest absolute Gasteiger partial charge is 0.494 e. The van der Waals surface area contributed by atoms with Crippen molar-refractivity contribution in [2.75, 3.05) is 26.4 Å². The zero-order chi connectivity index (χ0) is 13.3. The Hall–Kier alpha value is -1.06. The number of hydrogen-bond donors (Lipinski definition) is 1. The van der Waals surface area contributed by atoms with Crippen molar-refractivity contribution < 1.29 is 9.47 Å². The highest BCUT2D eigenvalue weighted by atomic mass is 16.5. The Morgan fingerprint density at radius 3 is 2.74 bits per heavy atom. The molecule has 1 unspecified atom stereocenters. The smallest absolute Gasteiger partial charge is 0.119 e. The summed E-state index contributed by atoms with van der Waals surface area (Å²) >= 11 is 0. The first-order valence-electron chi connectivity index (χ1n) is 7.35. The maximum absolute atomic E-state index is 5.67. The van der Waals surface area contributed by atoms with Gasteiger partial charge in [0.25, 0.3) is 0 Å². The lowest BCUT2D eigenvalue weighted by Gasteiger charge is -2.28. The van der Waals surface area contributed by atoms with E-state index in [1.807, 2.05) is 30.3 Å². The highest BCUT2D eigenvalue weighted by Gasteiger charge is 2.19. The average molecular weight is 263 g/mol. The Kier molecular flexibility index (Phi) is 6.18. The summed E-state index contributed by atoms with van der Waals surface area (Å²) in [6.07, 6.45) is 3.42. The van der Waals surface area contributed by atoms with Gasteiger partial charge in [-0.3, -0.25) is 0 Å². The van der Waals surface area contributed by atoms with Gasteiger partial charge in [0, 0.05) is 19.3 Å². The standard InChI is InChI=1S/C16H25NO2/c1-14(15-8-12-18-13-9-15)17-10-5-11-19-16-6-3-2-4-7-16/h2-4,6-7,14-15,17H,5,8-13H2,1H3. The van der Waals surface area contributed by atoms with Gasteiger partial charge in [-0.05, 0) is 50.8 Å². The summed E-state index contributed by atoms with van der Waals surface area (Å²) in [6, 6.07) is 10.6. The summed E-state index contributed by atoms with van der Waals surface area (Å²) in [7, 11) is 0. The fraction of sp³-hybridized carbons (Fsp3) is 0.625. The Morgan fingerprint density at radius 2 is 2.00 bits per heavy atom. The number of ether oxygens (including phenoxy) is 2. The van der Waals surface area contributed by atoms with Gasteiger partial charge in [0.15, 0.2) is 0 Å². The predicted molar refractivity (Wildman–Crippen MR) is 77.6 cm³/mol. The Balaban J connectivity index is 1.54. The van der Waals surface area contributed by atoms with Gasteiger partial charge < -0.3 is 14.8 Å². The molecule has 3 nitrogen and oxygen atoms in total. The molecule has 2 rings (SSSR count). The van der Waals surface area contributed by atoms with Gasteiger partial charge >= 0.3 is 0 Å². The zero-order valence-electron chi connectivity index (χ0n) is 11.8. The van der Waals surface area contributed by atoms with E-state index in [1.165, 1.54) is 12.8 Å². The van der Waals surface area contributed by atoms with Gasteiger partial charge in [-0.15, -0.1) is 0 Å². The SMILES string of the molecule is CC(NCCCOc1ccccc1)C1CCOCC1. The second-order valence-electron chi connectivity index (χ2n) is 5.21. The molecule has 1 aliphatic rings. The van der Waals surface area contributed by atoms with E-state index in [9.17, 15) is 0 Å². The van der Waals surface area contributed by atoms with Crippen molar-refractivity contribution in [3.63, 3.8) is 0 Å². The number of nitrogens with one attached hydrogen (secondary N) is 1.